The highest BCUT2D eigenvalue weighted by molar-refractivity contribution is 6.08. The third kappa shape index (κ3) is 4.02. The standard InChI is InChI=1S/C18H21N6O3/c1-11(2)13-7-4-12(5-8-13)6-9-14(25)20-17(26)15-16-21-22-23(3)18(27)24(16)10-19-15/h4,9-10,13H,1,5-8H2,2-3H3,(H,20,25,26)/t13-/m1/s1. The number of rotatable bonds is 5. The van der Waals surface area contributed by atoms with Gasteiger partial charge in [0, 0.05) is 7.05 Å². The van der Waals surface area contributed by atoms with Crippen molar-refractivity contribution in [2.75, 3.05) is 0 Å². The highest BCUT2D eigenvalue weighted by atomic mass is 16.2. The Labute approximate surface area is 155 Å². The molecule has 0 spiro atoms. The molecule has 1 atom stereocenters. The van der Waals surface area contributed by atoms with Crippen molar-refractivity contribution < 1.29 is 9.59 Å². The van der Waals surface area contributed by atoms with Crippen LogP contribution in [0, 0.1) is 12.3 Å². The van der Waals surface area contributed by atoms with Gasteiger partial charge in [-0.2, -0.15) is 4.68 Å². The summed E-state index contributed by atoms with van der Waals surface area (Å²) in [5, 5.41) is 9.66. The Hall–Kier alpha value is -3.10. The van der Waals surface area contributed by atoms with E-state index in [1.807, 2.05) is 6.92 Å². The fourth-order valence-electron chi connectivity index (χ4n) is 3.01. The van der Waals surface area contributed by atoms with E-state index in [9.17, 15) is 14.4 Å². The van der Waals surface area contributed by atoms with E-state index in [1.54, 1.807) is 0 Å². The normalized spacial score (nSPS) is 16.8. The quantitative estimate of drug-likeness (QED) is 0.787. The number of carbonyl (C=O) groups is 2. The number of nitrogens with zero attached hydrogens (tertiary/aromatic N) is 5. The maximum Gasteiger partial charge on any atom is 0.352 e. The summed E-state index contributed by atoms with van der Waals surface area (Å²) in [6.07, 6.45) is 8.14. The highest BCUT2D eigenvalue weighted by Crippen LogP contribution is 2.29. The molecule has 0 saturated carbocycles. The van der Waals surface area contributed by atoms with Gasteiger partial charge in [0.1, 0.15) is 6.33 Å². The number of nitrogens with one attached hydrogen (secondary N) is 1. The Morgan fingerprint density at radius 2 is 2.22 bits per heavy atom. The minimum Gasteiger partial charge on any atom is -0.291 e. The zero-order valence-electron chi connectivity index (χ0n) is 15.3. The Morgan fingerprint density at radius 3 is 2.89 bits per heavy atom. The van der Waals surface area contributed by atoms with E-state index >= 15 is 0 Å². The maximum atomic E-state index is 12.3. The van der Waals surface area contributed by atoms with Crippen molar-refractivity contribution in [2.45, 2.75) is 32.6 Å². The predicted molar refractivity (Wildman–Crippen MR) is 97.7 cm³/mol. The van der Waals surface area contributed by atoms with Crippen LogP contribution in [0.15, 0.2) is 34.9 Å². The SMILES string of the molecule is C=C(C)[C@@H]1CC=C(C[CH]C(=O)NC(=O)c2ncn3c(=O)n(C)nnc23)CC1. The lowest BCUT2D eigenvalue weighted by Gasteiger charge is -2.21. The second kappa shape index (κ2) is 7.65. The molecule has 0 aromatic carbocycles. The summed E-state index contributed by atoms with van der Waals surface area (Å²) < 4.78 is 2.12. The smallest absolute Gasteiger partial charge is 0.291 e. The molecule has 9 nitrogen and oxygen atoms in total. The van der Waals surface area contributed by atoms with Gasteiger partial charge in [0.05, 0.1) is 6.42 Å². The van der Waals surface area contributed by atoms with Crippen molar-refractivity contribution in [1.29, 1.82) is 0 Å². The summed E-state index contributed by atoms with van der Waals surface area (Å²) in [7, 11) is 1.44. The fourth-order valence-corrected chi connectivity index (χ4v) is 3.01. The molecular formula is C18H21N6O3. The van der Waals surface area contributed by atoms with Gasteiger partial charge in [-0.15, -0.1) is 5.10 Å². The van der Waals surface area contributed by atoms with Crippen LogP contribution < -0.4 is 11.0 Å². The van der Waals surface area contributed by atoms with E-state index in [0.717, 1.165) is 28.3 Å². The number of hydrogen-bond donors (Lipinski definition) is 1. The molecule has 2 heterocycles. The lowest BCUT2D eigenvalue weighted by atomic mass is 9.84. The topological polar surface area (TPSA) is 111 Å². The van der Waals surface area contributed by atoms with Crippen LogP contribution in [0.4, 0.5) is 0 Å². The van der Waals surface area contributed by atoms with Gasteiger partial charge >= 0.3 is 5.69 Å². The number of fused-ring (bicyclic) bond motifs is 1. The van der Waals surface area contributed by atoms with Crippen molar-refractivity contribution in [3.8, 4) is 0 Å². The molecule has 1 aliphatic carbocycles. The Balaban J connectivity index is 1.59. The number of amides is 2. The number of aromatic nitrogens is 5. The van der Waals surface area contributed by atoms with Gasteiger partial charge in [-0.05, 0) is 38.5 Å². The molecule has 3 rings (SSSR count). The maximum absolute atomic E-state index is 12.3. The van der Waals surface area contributed by atoms with Crippen LogP contribution in [0.3, 0.4) is 0 Å². The summed E-state index contributed by atoms with van der Waals surface area (Å²) in [6, 6.07) is 0. The summed E-state index contributed by atoms with van der Waals surface area (Å²) in [6.45, 7) is 6.03. The summed E-state index contributed by atoms with van der Waals surface area (Å²) in [4.78, 5) is 40.1. The van der Waals surface area contributed by atoms with E-state index in [1.165, 1.54) is 30.9 Å². The minimum atomic E-state index is -0.721. The molecule has 1 aliphatic rings. The molecule has 2 aromatic heterocycles. The van der Waals surface area contributed by atoms with Crippen LogP contribution in [-0.2, 0) is 11.8 Å². The predicted octanol–water partition coefficient (Wildman–Crippen LogP) is 0.976. The number of imidazole rings is 1. The summed E-state index contributed by atoms with van der Waals surface area (Å²) >= 11 is 0. The molecule has 2 aromatic rings. The number of aryl methyl sites for hydroxylation is 1. The van der Waals surface area contributed by atoms with Gasteiger partial charge in [0.25, 0.3) is 5.91 Å². The molecule has 2 amide bonds. The number of hydrogen-bond acceptors (Lipinski definition) is 6. The number of allylic oxidation sites excluding steroid dienone is 3. The largest absolute Gasteiger partial charge is 0.352 e. The van der Waals surface area contributed by atoms with Crippen LogP contribution >= 0.6 is 0 Å². The van der Waals surface area contributed by atoms with E-state index in [4.69, 9.17) is 0 Å². The number of carbonyl (C=O) groups excluding carboxylic acids is 2. The van der Waals surface area contributed by atoms with Crippen molar-refractivity contribution in [2.24, 2.45) is 13.0 Å². The molecule has 0 bridgehead atoms. The van der Waals surface area contributed by atoms with Crippen LogP contribution in [0.5, 0.6) is 0 Å². The van der Waals surface area contributed by atoms with Crippen LogP contribution in [0.25, 0.3) is 5.65 Å². The van der Waals surface area contributed by atoms with Crippen LogP contribution in [-0.4, -0.2) is 36.2 Å². The molecule has 1 radical (unpaired) electrons. The van der Waals surface area contributed by atoms with E-state index < -0.39 is 17.5 Å². The fraction of sp³-hybridized carbons (Fsp3) is 0.389. The molecule has 0 aliphatic heterocycles. The van der Waals surface area contributed by atoms with Gasteiger partial charge in [-0.1, -0.05) is 29.0 Å². The second-order valence-electron chi connectivity index (χ2n) is 6.69. The Bertz CT molecular complexity index is 1000. The zero-order chi connectivity index (χ0) is 19.6. The van der Waals surface area contributed by atoms with E-state index in [2.05, 4.69) is 33.3 Å². The lowest BCUT2D eigenvalue weighted by Crippen LogP contribution is -2.32. The van der Waals surface area contributed by atoms with Gasteiger partial charge in [0.15, 0.2) is 11.3 Å². The molecule has 0 fully saturated rings. The first-order valence-corrected chi connectivity index (χ1v) is 8.65. The van der Waals surface area contributed by atoms with Gasteiger partial charge in [0.2, 0.25) is 5.91 Å². The van der Waals surface area contributed by atoms with E-state index in [-0.39, 0.29) is 11.3 Å². The first-order valence-electron chi connectivity index (χ1n) is 8.65. The lowest BCUT2D eigenvalue weighted by molar-refractivity contribution is -0.117. The van der Waals surface area contributed by atoms with Gasteiger partial charge < -0.3 is 0 Å². The Morgan fingerprint density at radius 1 is 1.44 bits per heavy atom. The molecule has 0 unspecified atom stereocenters. The monoisotopic (exact) mass is 369 g/mol. The first kappa shape index (κ1) is 18.7. The average molecular weight is 369 g/mol. The Kier molecular flexibility index (Phi) is 5.29. The van der Waals surface area contributed by atoms with Gasteiger partial charge in [-0.25, -0.2) is 14.2 Å². The summed E-state index contributed by atoms with van der Waals surface area (Å²) in [5.74, 6) is -0.727. The third-order valence-corrected chi connectivity index (χ3v) is 4.70. The van der Waals surface area contributed by atoms with Crippen molar-refractivity contribution >= 4 is 17.5 Å². The molecule has 0 saturated heterocycles. The van der Waals surface area contributed by atoms with Crippen molar-refractivity contribution in [1.82, 2.24) is 29.7 Å². The molecular weight excluding hydrogens is 348 g/mol. The van der Waals surface area contributed by atoms with Crippen LogP contribution in [0.1, 0.15) is 43.1 Å². The van der Waals surface area contributed by atoms with Crippen LogP contribution in [0.2, 0.25) is 0 Å². The molecule has 27 heavy (non-hydrogen) atoms. The van der Waals surface area contributed by atoms with Gasteiger partial charge in [-0.3, -0.25) is 14.9 Å². The molecule has 9 heteroatoms. The second-order valence-corrected chi connectivity index (χ2v) is 6.69. The highest BCUT2D eigenvalue weighted by Gasteiger charge is 2.20. The number of imide groups is 1. The van der Waals surface area contributed by atoms with Crippen molar-refractivity contribution in [3.63, 3.8) is 0 Å². The third-order valence-electron chi connectivity index (χ3n) is 4.70. The minimum absolute atomic E-state index is 0.00391. The first-order chi connectivity index (χ1) is 12.9. The molecule has 1 N–H and O–H groups in total. The summed E-state index contributed by atoms with van der Waals surface area (Å²) in [5.41, 5.74) is 1.76. The molecule has 141 valence electrons. The van der Waals surface area contributed by atoms with Crippen molar-refractivity contribution in [3.05, 3.63) is 52.7 Å². The van der Waals surface area contributed by atoms with E-state index in [0.29, 0.717) is 12.3 Å². The zero-order valence-corrected chi connectivity index (χ0v) is 15.3. The average Bonchev–Trinajstić information content (AvgIpc) is 3.08.